The predicted molar refractivity (Wildman–Crippen MR) is 60.1 cm³/mol. The molecule has 0 spiro atoms. The molecule has 0 amide bonds. The molecule has 0 aliphatic rings. The summed E-state index contributed by atoms with van der Waals surface area (Å²) in [5.74, 6) is 0.625. The molecular weight excluding hydrogens is 207 g/mol. The fourth-order valence-corrected chi connectivity index (χ4v) is 1.68. The molecule has 0 saturated heterocycles. The summed E-state index contributed by atoms with van der Waals surface area (Å²) in [6.45, 7) is 0. The largest absolute Gasteiger partial charge is 0.407 e. The third-order valence-corrected chi connectivity index (χ3v) is 2.38. The van der Waals surface area contributed by atoms with Gasteiger partial charge in [0.05, 0.1) is 0 Å². The monoisotopic (exact) mass is 216 g/mol. The van der Waals surface area contributed by atoms with Crippen LogP contribution in [-0.2, 0) is 4.57 Å². The zero-order valence-corrected chi connectivity index (χ0v) is 8.85. The molecule has 2 aromatic rings. The SMILES string of the molecule is O=POc1ccccc1-c1ccccc1. The van der Waals surface area contributed by atoms with Gasteiger partial charge in [-0.15, -0.1) is 0 Å². The van der Waals surface area contributed by atoms with Gasteiger partial charge in [-0.2, -0.15) is 0 Å². The van der Waals surface area contributed by atoms with Crippen LogP contribution < -0.4 is 4.52 Å². The highest BCUT2D eigenvalue weighted by molar-refractivity contribution is 7.17. The Morgan fingerprint density at radius 3 is 2.27 bits per heavy atom. The van der Waals surface area contributed by atoms with Crippen LogP contribution in [0.25, 0.3) is 11.1 Å². The molecule has 15 heavy (non-hydrogen) atoms. The highest BCUT2D eigenvalue weighted by atomic mass is 31.1. The normalized spacial score (nSPS) is 10.1. The van der Waals surface area contributed by atoms with Crippen molar-refractivity contribution < 1.29 is 9.09 Å². The average molecular weight is 216 g/mol. The van der Waals surface area contributed by atoms with E-state index in [0.29, 0.717) is 5.75 Å². The minimum Gasteiger partial charge on any atom is -0.407 e. The Labute approximate surface area is 89.8 Å². The highest BCUT2D eigenvalue weighted by Gasteiger charge is 2.04. The molecule has 0 atom stereocenters. The van der Waals surface area contributed by atoms with E-state index in [9.17, 15) is 4.57 Å². The van der Waals surface area contributed by atoms with Gasteiger partial charge in [0.2, 0.25) is 0 Å². The molecule has 0 heterocycles. The van der Waals surface area contributed by atoms with Crippen molar-refractivity contribution in [1.82, 2.24) is 0 Å². The first-order valence-electron chi connectivity index (χ1n) is 4.56. The number of hydrogen-bond acceptors (Lipinski definition) is 2. The van der Waals surface area contributed by atoms with Crippen LogP contribution in [0.2, 0.25) is 0 Å². The maximum atomic E-state index is 10.4. The number of benzene rings is 2. The van der Waals surface area contributed by atoms with E-state index in [1.807, 2.05) is 48.5 Å². The summed E-state index contributed by atoms with van der Waals surface area (Å²) in [5, 5.41) is 0. The molecule has 0 saturated carbocycles. The lowest BCUT2D eigenvalue weighted by Gasteiger charge is -2.05. The van der Waals surface area contributed by atoms with Gasteiger partial charge in [0, 0.05) is 5.56 Å². The fourth-order valence-electron chi connectivity index (χ4n) is 1.44. The van der Waals surface area contributed by atoms with E-state index in [-0.39, 0.29) is 8.69 Å². The lowest BCUT2D eigenvalue weighted by molar-refractivity contribution is 0.526. The van der Waals surface area contributed by atoms with Crippen LogP contribution in [0.3, 0.4) is 0 Å². The highest BCUT2D eigenvalue weighted by Crippen LogP contribution is 2.31. The summed E-state index contributed by atoms with van der Waals surface area (Å²) in [5.41, 5.74) is 2.00. The van der Waals surface area contributed by atoms with E-state index in [4.69, 9.17) is 4.52 Å². The van der Waals surface area contributed by atoms with Crippen LogP contribution in [0.1, 0.15) is 0 Å². The summed E-state index contributed by atoms with van der Waals surface area (Å²) in [7, 11) is -0.330. The van der Waals surface area contributed by atoms with Crippen molar-refractivity contribution in [2.45, 2.75) is 0 Å². The Bertz CT molecular complexity index is 454. The predicted octanol–water partition coefficient (Wildman–Crippen LogP) is 3.94. The standard InChI is InChI=1S/C12H9O2P/c13-15-14-12-9-5-4-8-11(12)10-6-2-1-3-7-10/h1-9H. The average Bonchev–Trinajstić information content (AvgIpc) is 2.31. The van der Waals surface area contributed by atoms with Crippen molar-refractivity contribution in [1.29, 1.82) is 0 Å². The topological polar surface area (TPSA) is 26.3 Å². The first-order valence-corrected chi connectivity index (χ1v) is 5.29. The molecule has 0 unspecified atom stereocenters. The van der Waals surface area contributed by atoms with Crippen LogP contribution in [0, 0.1) is 0 Å². The molecule has 0 fully saturated rings. The molecular formula is C12H9O2P. The van der Waals surface area contributed by atoms with E-state index >= 15 is 0 Å². The van der Waals surface area contributed by atoms with Gasteiger partial charge in [0.1, 0.15) is 5.75 Å². The van der Waals surface area contributed by atoms with Gasteiger partial charge >= 0.3 is 8.69 Å². The molecule has 0 aliphatic heterocycles. The lowest BCUT2D eigenvalue weighted by atomic mass is 10.1. The maximum absolute atomic E-state index is 10.4. The number of hydrogen-bond donors (Lipinski definition) is 0. The van der Waals surface area contributed by atoms with Crippen molar-refractivity contribution in [2.24, 2.45) is 0 Å². The van der Waals surface area contributed by atoms with Crippen LogP contribution >= 0.6 is 8.69 Å². The first-order chi connectivity index (χ1) is 7.42. The Balaban J connectivity index is 2.48. The van der Waals surface area contributed by atoms with Gasteiger partial charge in [-0.25, -0.2) is 4.57 Å². The summed E-state index contributed by atoms with van der Waals surface area (Å²) in [6.07, 6.45) is 0. The molecule has 0 N–H and O–H groups in total. The Kier molecular flexibility index (Phi) is 3.11. The quantitative estimate of drug-likeness (QED) is 0.726. The molecule has 2 nitrogen and oxygen atoms in total. The van der Waals surface area contributed by atoms with Crippen LogP contribution in [0.4, 0.5) is 0 Å². The summed E-state index contributed by atoms with van der Waals surface area (Å²) >= 11 is 0. The van der Waals surface area contributed by atoms with E-state index in [1.165, 1.54) is 0 Å². The minimum absolute atomic E-state index is 0.330. The van der Waals surface area contributed by atoms with Crippen LogP contribution in [-0.4, -0.2) is 0 Å². The molecule has 0 radical (unpaired) electrons. The summed E-state index contributed by atoms with van der Waals surface area (Å²) < 4.78 is 15.4. The van der Waals surface area contributed by atoms with Gasteiger partial charge in [0.25, 0.3) is 0 Å². The van der Waals surface area contributed by atoms with Gasteiger partial charge in [-0.05, 0) is 11.6 Å². The lowest BCUT2D eigenvalue weighted by Crippen LogP contribution is -1.82. The molecule has 0 aromatic heterocycles. The van der Waals surface area contributed by atoms with Crippen molar-refractivity contribution in [3.63, 3.8) is 0 Å². The second kappa shape index (κ2) is 4.72. The third-order valence-electron chi connectivity index (χ3n) is 2.11. The van der Waals surface area contributed by atoms with Gasteiger partial charge in [-0.1, -0.05) is 48.5 Å². The maximum Gasteiger partial charge on any atom is 0.395 e. The number of rotatable bonds is 3. The summed E-state index contributed by atoms with van der Waals surface area (Å²) in [4.78, 5) is 0. The van der Waals surface area contributed by atoms with Crippen LogP contribution in [0.5, 0.6) is 5.75 Å². The zero-order valence-electron chi connectivity index (χ0n) is 7.96. The molecule has 3 heteroatoms. The Morgan fingerprint density at radius 1 is 0.867 bits per heavy atom. The van der Waals surface area contributed by atoms with Crippen LogP contribution in [0.15, 0.2) is 54.6 Å². The van der Waals surface area contributed by atoms with E-state index in [1.54, 1.807) is 6.07 Å². The zero-order chi connectivity index (χ0) is 10.5. The minimum atomic E-state index is -0.330. The van der Waals surface area contributed by atoms with Crippen molar-refractivity contribution in [3.05, 3.63) is 54.6 Å². The van der Waals surface area contributed by atoms with Crippen molar-refractivity contribution in [2.75, 3.05) is 0 Å². The second-order valence-electron chi connectivity index (χ2n) is 3.03. The van der Waals surface area contributed by atoms with Crippen molar-refractivity contribution in [3.8, 4) is 16.9 Å². The molecule has 0 aliphatic carbocycles. The van der Waals surface area contributed by atoms with Gasteiger partial charge in [-0.3, -0.25) is 0 Å². The molecule has 2 aromatic carbocycles. The Morgan fingerprint density at radius 2 is 1.53 bits per heavy atom. The van der Waals surface area contributed by atoms with Gasteiger partial charge in [0.15, 0.2) is 0 Å². The first kappa shape index (κ1) is 9.88. The fraction of sp³-hybridized carbons (Fsp3) is 0. The molecule has 0 bridgehead atoms. The molecule has 2 rings (SSSR count). The molecule has 74 valence electrons. The smallest absolute Gasteiger partial charge is 0.395 e. The Hall–Kier alpha value is -1.66. The van der Waals surface area contributed by atoms with E-state index < -0.39 is 0 Å². The van der Waals surface area contributed by atoms with E-state index in [0.717, 1.165) is 11.1 Å². The second-order valence-corrected chi connectivity index (χ2v) is 3.36. The number of para-hydroxylation sites is 1. The van der Waals surface area contributed by atoms with Crippen molar-refractivity contribution >= 4 is 8.69 Å². The van der Waals surface area contributed by atoms with E-state index in [2.05, 4.69) is 0 Å². The third kappa shape index (κ3) is 2.23. The summed E-state index contributed by atoms with van der Waals surface area (Å²) in [6, 6.07) is 17.4. The van der Waals surface area contributed by atoms with Gasteiger partial charge < -0.3 is 4.52 Å².